The fourth-order valence-electron chi connectivity index (χ4n) is 0. The van der Waals surface area contributed by atoms with Crippen LogP contribution in [0.1, 0.15) is 0 Å². The van der Waals surface area contributed by atoms with E-state index in [2.05, 4.69) is 6.58 Å². The molecule has 0 radical (unpaired) electrons. The zero-order chi connectivity index (χ0) is 4.28. The Morgan fingerprint density at radius 2 is 1.17 bits per heavy atom. The Morgan fingerprint density at radius 1 is 1.08 bits per heavy atom. The first-order valence-electron chi connectivity index (χ1n) is 1.12. The van der Waals surface area contributed by atoms with Gasteiger partial charge in [-0.15, -0.1) is 0 Å². The minimum Gasteiger partial charge on any atom is -0.870 e. The molecule has 6 nitrogen and oxygen atoms in total. The molecule has 0 aromatic heterocycles. The summed E-state index contributed by atoms with van der Waals surface area (Å²) in [6.07, 6.45) is 0.833. The molecule has 0 saturated heterocycles. The van der Waals surface area contributed by atoms with Gasteiger partial charge in [0.05, 0.1) is 0 Å². The smallest absolute Gasteiger partial charge is 0.870 e. The molecule has 0 atom stereocenters. The van der Waals surface area contributed by atoms with Crippen LogP contribution in [-0.2, 0) is 26.5 Å². The van der Waals surface area contributed by atoms with E-state index in [-0.39, 0.29) is 141 Å². The van der Waals surface area contributed by atoms with E-state index >= 15 is 0 Å². The molecule has 12 heavy (non-hydrogen) atoms. The van der Waals surface area contributed by atoms with E-state index in [1.54, 1.807) is 0 Å². The van der Waals surface area contributed by atoms with Crippen LogP contribution in [0, 0.1) is 0 Å². The SMILES string of the molecule is C=CC(=O)O.[Ba+2].[Ba+2].[OH-].[OH-].[OH-].[OH-].[Ti]. The summed E-state index contributed by atoms with van der Waals surface area (Å²) in [5, 5.41) is 7.60. The van der Waals surface area contributed by atoms with Crippen molar-refractivity contribution in [3.05, 3.63) is 12.7 Å². The molecular weight excluding hydrogens is 455 g/mol. The molecule has 0 amide bonds. The van der Waals surface area contributed by atoms with E-state index in [1.807, 2.05) is 0 Å². The Bertz CT molecular complexity index is 71.8. The van der Waals surface area contributed by atoms with Gasteiger partial charge in [-0.25, -0.2) is 4.79 Å². The van der Waals surface area contributed by atoms with Gasteiger partial charge >= 0.3 is 104 Å². The summed E-state index contributed by atoms with van der Waals surface area (Å²) < 4.78 is 0. The second-order valence-corrected chi connectivity index (χ2v) is 0.542. The zero-order valence-electron chi connectivity index (χ0n) is 6.34. The minimum atomic E-state index is -0.981. The number of carbonyl (C=O) groups is 1. The maximum atomic E-state index is 9.25. The first-order valence-corrected chi connectivity index (χ1v) is 1.12. The van der Waals surface area contributed by atoms with Crippen molar-refractivity contribution in [2.45, 2.75) is 0 Å². The van der Waals surface area contributed by atoms with Crippen LogP contribution in [0.4, 0.5) is 0 Å². The van der Waals surface area contributed by atoms with Crippen molar-refractivity contribution in [3.63, 3.8) is 0 Å². The minimum absolute atomic E-state index is 0. The second kappa shape index (κ2) is 48.6. The van der Waals surface area contributed by atoms with Gasteiger partial charge in [0.1, 0.15) is 0 Å². The van der Waals surface area contributed by atoms with Gasteiger partial charge in [-0.1, -0.05) is 6.58 Å². The Hall–Kier alpha value is 2.91. The maximum Gasteiger partial charge on any atom is 2.00 e. The molecule has 0 rings (SSSR count). The number of carboxylic acid groups (broad SMARTS) is 1. The van der Waals surface area contributed by atoms with Crippen LogP contribution in [0.3, 0.4) is 0 Å². The molecule has 0 bridgehead atoms. The van der Waals surface area contributed by atoms with Crippen LogP contribution in [-0.4, -0.2) is 131 Å². The van der Waals surface area contributed by atoms with E-state index in [4.69, 9.17) is 5.11 Å². The Morgan fingerprint density at radius 3 is 1.17 bits per heavy atom. The van der Waals surface area contributed by atoms with Crippen LogP contribution >= 0.6 is 0 Å². The maximum absolute atomic E-state index is 9.25. The Balaban J connectivity index is -0.00000000381. The van der Waals surface area contributed by atoms with E-state index in [1.165, 1.54) is 0 Å². The van der Waals surface area contributed by atoms with Crippen molar-refractivity contribution < 1.29 is 53.5 Å². The summed E-state index contributed by atoms with van der Waals surface area (Å²) in [5.74, 6) is -0.981. The van der Waals surface area contributed by atoms with Crippen molar-refractivity contribution in [2.24, 2.45) is 0 Å². The van der Waals surface area contributed by atoms with Crippen LogP contribution in [0.2, 0.25) is 0 Å². The van der Waals surface area contributed by atoms with Gasteiger partial charge in [-0.3, -0.25) is 0 Å². The first-order chi connectivity index (χ1) is 2.27. The van der Waals surface area contributed by atoms with E-state index < -0.39 is 5.97 Å². The van der Waals surface area contributed by atoms with E-state index in [0.29, 0.717) is 0 Å². The van der Waals surface area contributed by atoms with Crippen molar-refractivity contribution in [2.75, 3.05) is 0 Å². The van der Waals surface area contributed by atoms with Crippen molar-refractivity contribution in [1.29, 1.82) is 0 Å². The van der Waals surface area contributed by atoms with Crippen LogP contribution in [0.15, 0.2) is 12.7 Å². The van der Waals surface area contributed by atoms with Gasteiger partial charge in [-0.2, -0.15) is 0 Å². The van der Waals surface area contributed by atoms with Gasteiger partial charge < -0.3 is 27.0 Å². The molecule has 0 aromatic rings. The Labute approximate surface area is 166 Å². The van der Waals surface area contributed by atoms with E-state index in [9.17, 15) is 4.79 Å². The van der Waals surface area contributed by atoms with Gasteiger partial charge in [0.2, 0.25) is 0 Å². The van der Waals surface area contributed by atoms with Crippen LogP contribution in [0.5, 0.6) is 0 Å². The number of hydrogen-bond donors (Lipinski definition) is 1. The molecule has 0 aliphatic heterocycles. The molecular formula is C3H8Ba2O6Ti. The van der Waals surface area contributed by atoms with Gasteiger partial charge in [-0.05, 0) is 0 Å². The summed E-state index contributed by atoms with van der Waals surface area (Å²) >= 11 is 0. The van der Waals surface area contributed by atoms with Gasteiger partial charge in [0.15, 0.2) is 0 Å². The average molecular weight is 463 g/mol. The number of aliphatic carboxylic acids is 1. The van der Waals surface area contributed by atoms with Crippen LogP contribution < -0.4 is 0 Å². The quantitative estimate of drug-likeness (QED) is 0.380. The predicted molar refractivity (Wildman–Crippen MR) is 37.1 cm³/mol. The molecule has 0 aliphatic carbocycles. The third kappa shape index (κ3) is 76.0. The zero-order valence-corrected chi connectivity index (χ0v) is 16.8. The first kappa shape index (κ1) is 60.4. The number of carboxylic acids is 1. The summed E-state index contributed by atoms with van der Waals surface area (Å²) in [6, 6.07) is 0. The Kier molecular flexibility index (Phi) is 245. The number of rotatable bonds is 1. The molecule has 0 aliphatic rings. The molecule has 0 spiro atoms. The third-order valence-corrected chi connectivity index (χ3v) is 0.175. The summed E-state index contributed by atoms with van der Waals surface area (Å²) in [7, 11) is 0. The summed E-state index contributed by atoms with van der Waals surface area (Å²) in [6.45, 7) is 2.96. The monoisotopic (exact) mass is 464 g/mol. The average Bonchev–Trinajstić information content (AvgIpc) is 1.38. The molecule has 5 N–H and O–H groups in total. The molecule has 0 heterocycles. The fourth-order valence-corrected chi connectivity index (χ4v) is 0. The topological polar surface area (TPSA) is 157 Å². The standard InChI is InChI=1S/C3H4O2.2Ba.4H2O.Ti/c1-2-3(4)5;;;;;;;/h2H,1H2,(H,4,5);;;4*1H2;/q;2*+2;;;;;/p-4. The predicted octanol–water partition coefficient (Wildman–Crippen LogP) is -1.21. The molecule has 0 aromatic carbocycles. The van der Waals surface area contributed by atoms with Crippen molar-refractivity contribution in [3.8, 4) is 0 Å². The van der Waals surface area contributed by atoms with Gasteiger partial charge in [0.25, 0.3) is 0 Å². The normalized spacial score (nSPS) is 2.67. The number of hydrogen-bond acceptors (Lipinski definition) is 5. The molecule has 64 valence electrons. The van der Waals surface area contributed by atoms with Gasteiger partial charge in [0, 0.05) is 27.8 Å². The fraction of sp³-hybridized carbons (Fsp3) is 0. The molecule has 0 saturated carbocycles. The second-order valence-electron chi connectivity index (χ2n) is 0.542. The molecule has 0 unspecified atom stereocenters. The summed E-state index contributed by atoms with van der Waals surface area (Å²) in [4.78, 5) is 9.25. The molecule has 9 heteroatoms. The summed E-state index contributed by atoms with van der Waals surface area (Å²) in [5.41, 5.74) is 0. The third-order valence-electron chi connectivity index (χ3n) is 0.175. The largest absolute Gasteiger partial charge is 2.00 e. The molecule has 0 fully saturated rings. The van der Waals surface area contributed by atoms with Crippen LogP contribution in [0.25, 0.3) is 0 Å². The van der Waals surface area contributed by atoms with Crippen molar-refractivity contribution >= 4 is 104 Å². The van der Waals surface area contributed by atoms with E-state index in [0.717, 1.165) is 6.08 Å². The van der Waals surface area contributed by atoms with Crippen molar-refractivity contribution in [1.82, 2.24) is 0 Å².